The van der Waals surface area contributed by atoms with Crippen LogP contribution in [0.4, 0.5) is 0 Å². The van der Waals surface area contributed by atoms with Crippen molar-refractivity contribution in [2.75, 3.05) is 19.7 Å². The van der Waals surface area contributed by atoms with Crippen molar-refractivity contribution >= 4 is 11.6 Å². The molecule has 0 aliphatic carbocycles. The van der Waals surface area contributed by atoms with Crippen molar-refractivity contribution in [1.29, 1.82) is 0 Å². The third kappa shape index (κ3) is 2.95. The third-order valence-corrected chi connectivity index (χ3v) is 4.81. The standard InChI is InChI=1S/C16H23ClN2O/c1-11(18)12-2-5-19(6-3-12)10-14-9-15(17)8-13-4-7-20-16(13)14/h8-9,11-12H,2-7,10,18H2,1H3. The average Bonchev–Trinajstić information content (AvgIpc) is 2.87. The predicted molar refractivity (Wildman–Crippen MR) is 82.3 cm³/mol. The third-order valence-electron chi connectivity index (χ3n) is 4.60. The maximum absolute atomic E-state index is 6.22. The molecular weight excluding hydrogens is 272 g/mol. The summed E-state index contributed by atoms with van der Waals surface area (Å²) in [6, 6.07) is 4.41. The number of rotatable bonds is 3. The first-order valence-corrected chi connectivity index (χ1v) is 7.93. The van der Waals surface area contributed by atoms with Crippen molar-refractivity contribution < 1.29 is 4.74 Å². The number of hydrogen-bond donors (Lipinski definition) is 1. The van der Waals surface area contributed by atoms with Crippen LogP contribution in [0.1, 0.15) is 30.9 Å². The summed E-state index contributed by atoms with van der Waals surface area (Å²) in [5.74, 6) is 1.75. The molecule has 1 atom stereocenters. The number of nitrogens with two attached hydrogens (primary N) is 1. The summed E-state index contributed by atoms with van der Waals surface area (Å²) >= 11 is 6.22. The zero-order valence-corrected chi connectivity index (χ0v) is 12.8. The van der Waals surface area contributed by atoms with E-state index in [2.05, 4.69) is 17.9 Å². The lowest BCUT2D eigenvalue weighted by molar-refractivity contribution is 0.164. The summed E-state index contributed by atoms with van der Waals surface area (Å²) in [6.45, 7) is 6.09. The second-order valence-electron chi connectivity index (χ2n) is 6.12. The Labute approximate surface area is 126 Å². The minimum atomic E-state index is 0.316. The van der Waals surface area contributed by atoms with Crippen LogP contribution in [0.2, 0.25) is 5.02 Å². The van der Waals surface area contributed by atoms with Gasteiger partial charge in [0.2, 0.25) is 0 Å². The molecule has 2 N–H and O–H groups in total. The van der Waals surface area contributed by atoms with Gasteiger partial charge in [-0.25, -0.2) is 0 Å². The summed E-state index contributed by atoms with van der Waals surface area (Å²) < 4.78 is 5.78. The Kier molecular flexibility index (Phi) is 4.20. The SMILES string of the molecule is CC(N)C1CCN(Cc2cc(Cl)cc3c2OCC3)CC1. The van der Waals surface area contributed by atoms with Crippen molar-refractivity contribution in [2.45, 2.75) is 38.8 Å². The van der Waals surface area contributed by atoms with Crippen LogP contribution in [-0.4, -0.2) is 30.6 Å². The van der Waals surface area contributed by atoms with E-state index >= 15 is 0 Å². The van der Waals surface area contributed by atoms with Gasteiger partial charge in [0.1, 0.15) is 5.75 Å². The first-order chi connectivity index (χ1) is 9.63. The van der Waals surface area contributed by atoms with Crippen LogP contribution >= 0.6 is 11.6 Å². The molecule has 20 heavy (non-hydrogen) atoms. The molecule has 0 spiro atoms. The molecule has 1 aromatic rings. The Morgan fingerprint density at radius 1 is 1.40 bits per heavy atom. The molecule has 2 aliphatic heterocycles. The zero-order chi connectivity index (χ0) is 14.1. The molecule has 1 aromatic carbocycles. The normalized spacial score (nSPS) is 21.6. The molecule has 3 nitrogen and oxygen atoms in total. The number of benzene rings is 1. The number of piperidine rings is 1. The van der Waals surface area contributed by atoms with E-state index in [0.29, 0.717) is 12.0 Å². The van der Waals surface area contributed by atoms with Crippen molar-refractivity contribution in [3.63, 3.8) is 0 Å². The van der Waals surface area contributed by atoms with Gasteiger partial charge in [-0.1, -0.05) is 11.6 Å². The summed E-state index contributed by atoms with van der Waals surface area (Å²) in [4.78, 5) is 2.49. The molecule has 0 radical (unpaired) electrons. The number of nitrogens with zero attached hydrogens (tertiary/aromatic N) is 1. The summed E-state index contributed by atoms with van der Waals surface area (Å²) in [5, 5.41) is 0.828. The molecule has 1 unspecified atom stereocenters. The van der Waals surface area contributed by atoms with Crippen molar-refractivity contribution in [1.82, 2.24) is 4.90 Å². The van der Waals surface area contributed by atoms with Crippen molar-refractivity contribution in [2.24, 2.45) is 11.7 Å². The Bertz CT molecular complexity index is 482. The van der Waals surface area contributed by atoms with Gasteiger partial charge in [0.15, 0.2) is 0 Å². The van der Waals surface area contributed by atoms with Crippen LogP contribution in [0, 0.1) is 5.92 Å². The smallest absolute Gasteiger partial charge is 0.127 e. The van der Waals surface area contributed by atoms with Gasteiger partial charge in [-0.15, -0.1) is 0 Å². The van der Waals surface area contributed by atoms with Gasteiger partial charge in [-0.2, -0.15) is 0 Å². The summed E-state index contributed by atoms with van der Waals surface area (Å²) in [5.41, 5.74) is 8.50. The minimum absolute atomic E-state index is 0.316. The van der Waals surface area contributed by atoms with Crippen LogP contribution in [0.3, 0.4) is 0 Å². The monoisotopic (exact) mass is 294 g/mol. The highest BCUT2D eigenvalue weighted by Crippen LogP contribution is 2.34. The second kappa shape index (κ2) is 5.92. The summed E-state index contributed by atoms with van der Waals surface area (Å²) in [6.07, 6.45) is 3.37. The van der Waals surface area contributed by atoms with E-state index in [1.165, 1.54) is 24.0 Å². The highest BCUT2D eigenvalue weighted by molar-refractivity contribution is 6.30. The number of fused-ring (bicyclic) bond motifs is 1. The number of halogens is 1. The largest absolute Gasteiger partial charge is 0.493 e. The lowest BCUT2D eigenvalue weighted by Gasteiger charge is -2.33. The topological polar surface area (TPSA) is 38.5 Å². The highest BCUT2D eigenvalue weighted by atomic mass is 35.5. The lowest BCUT2D eigenvalue weighted by atomic mass is 9.91. The maximum atomic E-state index is 6.22. The molecule has 110 valence electrons. The number of likely N-dealkylation sites (tertiary alicyclic amines) is 1. The Morgan fingerprint density at radius 3 is 2.85 bits per heavy atom. The molecule has 2 heterocycles. The number of hydrogen-bond acceptors (Lipinski definition) is 3. The fraction of sp³-hybridized carbons (Fsp3) is 0.625. The van der Waals surface area contributed by atoms with E-state index < -0.39 is 0 Å². The van der Waals surface area contributed by atoms with E-state index in [1.807, 2.05) is 6.07 Å². The van der Waals surface area contributed by atoms with Crippen LogP contribution in [0.5, 0.6) is 5.75 Å². The zero-order valence-electron chi connectivity index (χ0n) is 12.1. The van der Waals surface area contributed by atoms with Gasteiger partial charge >= 0.3 is 0 Å². The second-order valence-corrected chi connectivity index (χ2v) is 6.56. The molecule has 0 amide bonds. The molecule has 0 aromatic heterocycles. The fourth-order valence-electron chi connectivity index (χ4n) is 3.34. The van der Waals surface area contributed by atoms with Crippen molar-refractivity contribution in [3.05, 3.63) is 28.3 Å². The fourth-order valence-corrected chi connectivity index (χ4v) is 3.60. The molecule has 2 aliphatic rings. The quantitative estimate of drug-likeness (QED) is 0.932. The molecule has 1 saturated heterocycles. The molecule has 4 heteroatoms. The Morgan fingerprint density at radius 2 is 2.15 bits per heavy atom. The van der Waals surface area contributed by atoms with Gasteiger partial charge in [-0.3, -0.25) is 4.90 Å². The first-order valence-electron chi connectivity index (χ1n) is 7.55. The first kappa shape index (κ1) is 14.2. The minimum Gasteiger partial charge on any atom is -0.493 e. The lowest BCUT2D eigenvalue weighted by Crippen LogP contribution is -2.39. The van der Waals surface area contributed by atoms with E-state index in [4.69, 9.17) is 22.1 Å². The van der Waals surface area contributed by atoms with Gasteiger partial charge in [0, 0.05) is 29.6 Å². The van der Waals surface area contributed by atoms with E-state index in [-0.39, 0.29) is 0 Å². The Hall–Kier alpha value is -0.770. The molecule has 0 bridgehead atoms. The van der Waals surface area contributed by atoms with E-state index in [9.17, 15) is 0 Å². The molecule has 3 rings (SSSR count). The predicted octanol–water partition coefficient (Wildman–Crippen LogP) is 2.83. The van der Waals surface area contributed by atoms with Crippen LogP contribution in [0.25, 0.3) is 0 Å². The molecule has 0 saturated carbocycles. The maximum Gasteiger partial charge on any atom is 0.127 e. The molecular formula is C16H23ClN2O. The van der Waals surface area contributed by atoms with E-state index in [0.717, 1.165) is 43.4 Å². The number of ether oxygens (including phenoxy) is 1. The van der Waals surface area contributed by atoms with E-state index in [1.54, 1.807) is 0 Å². The highest BCUT2D eigenvalue weighted by Gasteiger charge is 2.24. The van der Waals surface area contributed by atoms with Gasteiger partial charge in [0.25, 0.3) is 0 Å². The molecule has 1 fully saturated rings. The van der Waals surface area contributed by atoms with Gasteiger partial charge in [-0.05, 0) is 56.5 Å². The van der Waals surface area contributed by atoms with Gasteiger partial charge < -0.3 is 10.5 Å². The summed E-state index contributed by atoms with van der Waals surface area (Å²) in [7, 11) is 0. The van der Waals surface area contributed by atoms with Crippen LogP contribution in [0.15, 0.2) is 12.1 Å². The van der Waals surface area contributed by atoms with Crippen LogP contribution < -0.4 is 10.5 Å². The van der Waals surface area contributed by atoms with Crippen molar-refractivity contribution in [3.8, 4) is 5.75 Å². The van der Waals surface area contributed by atoms with Crippen LogP contribution in [-0.2, 0) is 13.0 Å². The van der Waals surface area contributed by atoms with Gasteiger partial charge in [0.05, 0.1) is 6.61 Å². The Balaban J connectivity index is 1.67. The average molecular weight is 295 g/mol.